The molecule has 0 saturated heterocycles. The third-order valence-corrected chi connectivity index (χ3v) is 5.81. The van der Waals surface area contributed by atoms with Gasteiger partial charge in [-0.05, 0) is 68.0 Å². The second-order valence-electron chi connectivity index (χ2n) is 7.21. The fraction of sp³-hybridized carbons (Fsp3) is 0.684. The van der Waals surface area contributed by atoms with Gasteiger partial charge in [-0.2, -0.15) is 0 Å². The maximum absolute atomic E-state index is 5.62. The first-order chi connectivity index (χ1) is 10.2. The zero-order valence-corrected chi connectivity index (χ0v) is 13.7. The second kappa shape index (κ2) is 6.00. The Morgan fingerprint density at radius 3 is 2.81 bits per heavy atom. The summed E-state index contributed by atoms with van der Waals surface area (Å²) in [4.78, 5) is 0. The van der Waals surface area contributed by atoms with E-state index in [1.165, 1.54) is 49.8 Å². The van der Waals surface area contributed by atoms with Crippen molar-refractivity contribution in [3.8, 4) is 5.75 Å². The molecule has 1 aromatic carbocycles. The number of hydrogen-bond acceptors (Lipinski definition) is 2. The van der Waals surface area contributed by atoms with E-state index >= 15 is 0 Å². The number of aryl methyl sites for hydroxylation is 1. The van der Waals surface area contributed by atoms with Crippen molar-refractivity contribution < 1.29 is 4.74 Å². The lowest BCUT2D eigenvalue weighted by molar-refractivity contribution is 0.156. The minimum Gasteiger partial charge on any atom is -0.496 e. The number of nitrogens with one attached hydrogen (secondary N) is 1. The fourth-order valence-electron chi connectivity index (χ4n) is 4.85. The van der Waals surface area contributed by atoms with Crippen molar-refractivity contribution in [2.75, 3.05) is 20.2 Å². The molecule has 2 aliphatic carbocycles. The molecule has 3 atom stereocenters. The van der Waals surface area contributed by atoms with E-state index in [-0.39, 0.29) is 0 Å². The molecular formula is C19H29NO. The van der Waals surface area contributed by atoms with Crippen molar-refractivity contribution in [1.29, 1.82) is 0 Å². The van der Waals surface area contributed by atoms with E-state index in [0.29, 0.717) is 5.41 Å². The first-order valence-corrected chi connectivity index (χ1v) is 8.51. The molecule has 0 aliphatic heterocycles. The van der Waals surface area contributed by atoms with Gasteiger partial charge in [0, 0.05) is 6.54 Å². The van der Waals surface area contributed by atoms with Crippen LogP contribution in [-0.4, -0.2) is 20.2 Å². The van der Waals surface area contributed by atoms with Crippen molar-refractivity contribution >= 4 is 0 Å². The van der Waals surface area contributed by atoms with Gasteiger partial charge in [0.1, 0.15) is 5.75 Å². The summed E-state index contributed by atoms with van der Waals surface area (Å²) in [6.45, 7) is 6.64. The Balaban J connectivity index is 1.87. The maximum atomic E-state index is 5.62. The lowest BCUT2D eigenvalue weighted by atomic mass is 9.69. The van der Waals surface area contributed by atoms with Crippen LogP contribution in [0.2, 0.25) is 0 Å². The predicted octanol–water partition coefficient (Wildman–Crippen LogP) is 3.96. The molecule has 2 nitrogen and oxygen atoms in total. The van der Waals surface area contributed by atoms with Crippen LogP contribution in [0.3, 0.4) is 0 Å². The smallest absolute Gasteiger partial charge is 0.122 e. The Morgan fingerprint density at radius 1 is 1.33 bits per heavy atom. The first-order valence-electron chi connectivity index (χ1n) is 8.51. The van der Waals surface area contributed by atoms with E-state index in [1.807, 2.05) is 0 Å². The van der Waals surface area contributed by atoms with Crippen molar-refractivity contribution in [1.82, 2.24) is 5.32 Å². The van der Waals surface area contributed by atoms with Crippen molar-refractivity contribution in [3.63, 3.8) is 0 Å². The number of ether oxygens (including phenoxy) is 1. The maximum Gasteiger partial charge on any atom is 0.122 e. The van der Waals surface area contributed by atoms with E-state index in [0.717, 1.165) is 24.1 Å². The van der Waals surface area contributed by atoms with Crippen LogP contribution >= 0.6 is 0 Å². The van der Waals surface area contributed by atoms with E-state index in [2.05, 4.69) is 37.4 Å². The van der Waals surface area contributed by atoms with Crippen LogP contribution in [0.25, 0.3) is 0 Å². The van der Waals surface area contributed by atoms with Crippen LogP contribution in [0, 0.1) is 24.2 Å². The summed E-state index contributed by atoms with van der Waals surface area (Å²) < 4.78 is 5.62. The topological polar surface area (TPSA) is 21.3 Å². The average molecular weight is 287 g/mol. The first kappa shape index (κ1) is 14.9. The monoisotopic (exact) mass is 287 g/mol. The number of hydrogen-bond donors (Lipinski definition) is 1. The summed E-state index contributed by atoms with van der Waals surface area (Å²) in [7, 11) is 1.80. The van der Waals surface area contributed by atoms with Crippen LogP contribution in [0.15, 0.2) is 18.2 Å². The van der Waals surface area contributed by atoms with Gasteiger partial charge in [-0.25, -0.2) is 0 Å². The van der Waals surface area contributed by atoms with E-state index < -0.39 is 0 Å². The summed E-state index contributed by atoms with van der Waals surface area (Å²) in [5.74, 6) is 2.95. The molecule has 0 heterocycles. The second-order valence-corrected chi connectivity index (χ2v) is 7.21. The van der Waals surface area contributed by atoms with E-state index in [1.54, 1.807) is 7.11 Å². The molecule has 2 aliphatic rings. The van der Waals surface area contributed by atoms with Crippen LogP contribution in [0.5, 0.6) is 5.75 Å². The van der Waals surface area contributed by atoms with Gasteiger partial charge in [0.25, 0.3) is 0 Å². The van der Waals surface area contributed by atoms with Gasteiger partial charge < -0.3 is 10.1 Å². The van der Waals surface area contributed by atoms with Crippen molar-refractivity contribution in [2.24, 2.45) is 17.3 Å². The Bertz CT molecular complexity index is 498. The van der Waals surface area contributed by atoms with Crippen LogP contribution < -0.4 is 10.1 Å². The molecule has 3 unspecified atom stereocenters. The van der Waals surface area contributed by atoms with E-state index in [4.69, 9.17) is 4.74 Å². The normalized spacial score (nSPS) is 30.8. The number of benzene rings is 1. The molecule has 3 rings (SSSR count). The largest absolute Gasteiger partial charge is 0.496 e. The number of fused-ring (bicyclic) bond motifs is 2. The summed E-state index contributed by atoms with van der Waals surface area (Å²) in [5.41, 5.74) is 3.20. The molecule has 2 fully saturated rings. The highest BCUT2D eigenvalue weighted by Gasteiger charge is 2.50. The zero-order valence-electron chi connectivity index (χ0n) is 13.7. The zero-order chi connectivity index (χ0) is 14.9. The molecular weight excluding hydrogens is 258 g/mol. The van der Waals surface area contributed by atoms with Crippen LogP contribution in [-0.2, 0) is 6.42 Å². The minimum absolute atomic E-state index is 0.458. The van der Waals surface area contributed by atoms with Crippen LogP contribution in [0.1, 0.15) is 43.7 Å². The highest BCUT2D eigenvalue weighted by Crippen LogP contribution is 2.57. The summed E-state index contributed by atoms with van der Waals surface area (Å²) in [6, 6.07) is 6.62. The third kappa shape index (κ3) is 2.83. The number of methoxy groups -OCH3 is 1. The lowest BCUT2D eigenvalue weighted by Crippen LogP contribution is -2.40. The van der Waals surface area contributed by atoms with E-state index in [9.17, 15) is 0 Å². The SMILES string of the molecule is CCNCC1(Cc2cc(C)ccc2OC)CC2CCC1C2. The van der Waals surface area contributed by atoms with Gasteiger partial charge in [0.05, 0.1) is 7.11 Å². The van der Waals surface area contributed by atoms with Gasteiger partial charge in [-0.1, -0.05) is 31.0 Å². The number of rotatable bonds is 6. The molecule has 2 heteroatoms. The van der Waals surface area contributed by atoms with Gasteiger partial charge in [-0.3, -0.25) is 0 Å². The molecule has 0 spiro atoms. The molecule has 0 radical (unpaired) electrons. The van der Waals surface area contributed by atoms with Crippen molar-refractivity contribution in [2.45, 2.75) is 46.0 Å². The highest BCUT2D eigenvalue weighted by molar-refractivity contribution is 5.38. The van der Waals surface area contributed by atoms with Crippen LogP contribution in [0.4, 0.5) is 0 Å². The average Bonchev–Trinajstić information content (AvgIpc) is 3.06. The minimum atomic E-state index is 0.458. The highest BCUT2D eigenvalue weighted by atomic mass is 16.5. The Morgan fingerprint density at radius 2 is 2.19 bits per heavy atom. The molecule has 0 aromatic heterocycles. The Hall–Kier alpha value is -1.02. The lowest BCUT2D eigenvalue weighted by Gasteiger charge is -2.38. The van der Waals surface area contributed by atoms with Gasteiger partial charge >= 0.3 is 0 Å². The summed E-state index contributed by atoms with van der Waals surface area (Å²) >= 11 is 0. The third-order valence-electron chi connectivity index (χ3n) is 5.81. The molecule has 1 aromatic rings. The Labute approximate surface area is 129 Å². The fourth-order valence-corrected chi connectivity index (χ4v) is 4.85. The summed E-state index contributed by atoms with van der Waals surface area (Å²) in [5, 5.41) is 3.65. The van der Waals surface area contributed by atoms with Gasteiger partial charge in [0.15, 0.2) is 0 Å². The Kier molecular flexibility index (Phi) is 4.26. The molecule has 2 saturated carbocycles. The summed E-state index contributed by atoms with van der Waals surface area (Å²) in [6.07, 6.45) is 6.93. The molecule has 2 bridgehead atoms. The predicted molar refractivity (Wildman–Crippen MR) is 87.9 cm³/mol. The van der Waals surface area contributed by atoms with Gasteiger partial charge in [-0.15, -0.1) is 0 Å². The standard InChI is InChI=1S/C19H29NO/c1-4-20-13-19(11-15-6-7-17(19)10-15)12-16-9-14(2)5-8-18(16)21-3/h5,8-9,15,17,20H,4,6-7,10-13H2,1-3H3. The molecule has 21 heavy (non-hydrogen) atoms. The molecule has 0 amide bonds. The molecule has 1 N–H and O–H groups in total. The van der Waals surface area contributed by atoms with Crippen molar-refractivity contribution in [3.05, 3.63) is 29.3 Å². The molecule has 116 valence electrons. The van der Waals surface area contributed by atoms with Gasteiger partial charge in [0.2, 0.25) is 0 Å². The quantitative estimate of drug-likeness (QED) is 0.855.